The number of carbonyl (C=O) groups excluding carboxylic acids is 3. The number of hydrogen-bond donors (Lipinski definition) is 0. The number of rotatable bonds is 8. The molecule has 0 radical (unpaired) electrons. The summed E-state index contributed by atoms with van der Waals surface area (Å²) < 4.78 is 82.0. The van der Waals surface area contributed by atoms with Crippen molar-refractivity contribution in [3.63, 3.8) is 0 Å². The molecule has 2 saturated carbocycles. The highest BCUT2D eigenvalue weighted by atomic mass is 19.3. The Hall–Kier alpha value is -1.95. The average molecular weight is 527 g/mol. The lowest BCUT2D eigenvalue weighted by molar-refractivity contribution is -0.382. The molecule has 1 heterocycles. The molecule has 3 rings (SSSR count). The van der Waals surface area contributed by atoms with E-state index in [1.54, 1.807) is 6.92 Å². The van der Waals surface area contributed by atoms with Gasteiger partial charge in [-0.1, -0.05) is 27.7 Å². The number of fused-ring (bicyclic) bond motifs is 3. The maximum atomic E-state index is 13.7. The van der Waals surface area contributed by atoms with Crippen molar-refractivity contribution in [1.82, 2.24) is 0 Å². The third-order valence-corrected chi connectivity index (χ3v) is 8.29. The van der Waals surface area contributed by atoms with Gasteiger partial charge in [-0.3, -0.25) is 4.79 Å². The predicted octanol–water partition coefficient (Wildman–Crippen LogP) is 3.89. The molecule has 3 aliphatic rings. The number of esters is 3. The molecule has 8 nitrogen and oxygen atoms in total. The van der Waals surface area contributed by atoms with E-state index < -0.39 is 64.5 Å². The second-order valence-corrected chi connectivity index (χ2v) is 11.1. The summed E-state index contributed by atoms with van der Waals surface area (Å²) in [5, 5.41) is 0. The van der Waals surface area contributed by atoms with Crippen molar-refractivity contribution in [2.75, 3.05) is 26.4 Å². The standard InChI is InChI=1S/C24H34F4O8/c1-7-15(29)32-10-23(11-33-17(30)21(5,25)26)12-34-24(35-13-23)16(36-18(31)22(6,27)28)14-8-9-20(24,4)19(14,2)3/h14,16H,7-13H2,1-6H3. The summed E-state index contributed by atoms with van der Waals surface area (Å²) in [7, 11) is 0. The number of ether oxygens (including phenoxy) is 5. The van der Waals surface area contributed by atoms with E-state index in [0.29, 0.717) is 26.7 Å². The van der Waals surface area contributed by atoms with E-state index in [-0.39, 0.29) is 32.2 Å². The Labute approximate surface area is 207 Å². The second-order valence-electron chi connectivity index (χ2n) is 11.1. The van der Waals surface area contributed by atoms with Crippen LogP contribution in [0.1, 0.15) is 60.8 Å². The molecule has 1 saturated heterocycles. The van der Waals surface area contributed by atoms with Crippen LogP contribution in [0, 0.1) is 22.2 Å². The van der Waals surface area contributed by atoms with E-state index in [4.69, 9.17) is 23.7 Å². The van der Waals surface area contributed by atoms with Crippen LogP contribution in [0.4, 0.5) is 17.6 Å². The van der Waals surface area contributed by atoms with Crippen molar-refractivity contribution < 1.29 is 55.6 Å². The Morgan fingerprint density at radius 3 is 1.94 bits per heavy atom. The van der Waals surface area contributed by atoms with Crippen LogP contribution in [0.25, 0.3) is 0 Å². The molecule has 1 aliphatic heterocycles. The van der Waals surface area contributed by atoms with E-state index >= 15 is 0 Å². The fourth-order valence-electron chi connectivity index (χ4n) is 5.62. The largest absolute Gasteiger partial charge is 0.465 e. The molecule has 0 aromatic carbocycles. The van der Waals surface area contributed by atoms with E-state index in [1.165, 1.54) is 0 Å². The molecule has 12 heteroatoms. The van der Waals surface area contributed by atoms with Crippen LogP contribution in [0.3, 0.4) is 0 Å². The summed E-state index contributed by atoms with van der Waals surface area (Å²) in [5.41, 5.74) is -2.65. The minimum Gasteiger partial charge on any atom is -0.465 e. The predicted molar refractivity (Wildman–Crippen MR) is 115 cm³/mol. The Morgan fingerprint density at radius 1 is 0.917 bits per heavy atom. The third kappa shape index (κ3) is 4.59. The molecule has 0 N–H and O–H groups in total. The van der Waals surface area contributed by atoms with Crippen molar-refractivity contribution in [1.29, 1.82) is 0 Å². The molecular formula is C24H34F4O8. The maximum Gasteiger partial charge on any atom is 0.377 e. The van der Waals surface area contributed by atoms with Gasteiger partial charge in [0.1, 0.15) is 13.2 Å². The summed E-state index contributed by atoms with van der Waals surface area (Å²) >= 11 is 0. The van der Waals surface area contributed by atoms with Gasteiger partial charge in [-0.05, 0) is 18.3 Å². The van der Waals surface area contributed by atoms with E-state index in [0.717, 1.165) is 0 Å². The van der Waals surface area contributed by atoms with Crippen LogP contribution in [0.2, 0.25) is 0 Å². The first-order chi connectivity index (χ1) is 16.4. The van der Waals surface area contributed by atoms with Crippen LogP contribution in [-0.2, 0) is 38.1 Å². The summed E-state index contributed by atoms with van der Waals surface area (Å²) in [6.07, 6.45) is 0.0680. The van der Waals surface area contributed by atoms with E-state index in [9.17, 15) is 31.9 Å². The maximum absolute atomic E-state index is 13.7. The summed E-state index contributed by atoms with van der Waals surface area (Å²) in [6, 6.07) is 0. The van der Waals surface area contributed by atoms with Crippen molar-refractivity contribution in [3.8, 4) is 0 Å². The minimum atomic E-state index is -3.74. The first kappa shape index (κ1) is 28.6. The molecule has 2 aliphatic carbocycles. The Morgan fingerprint density at radius 2 is 1.44 bits per heavy atom. The van der Waals surface area contributed by atoms with E-state index in [1.807, 2.05) is 20.8 Å². The fraction of sp³-hybridized carbons (Fsp3) is 0.875. The molecular weight excluding hydrogens is 492 g/mol. The van der Waals surface area contributed by atoms with Gasteiger partial charge in [0.25, 0.3) is 0 Å². The van der Waals surface area contributed by atoms with Crippen LogP contribution >= 0.6 is 0 Å². The SMILES string of the molecule is CCC(=O)OCC1(COC(=O)C(C)(F)F)COC2(OC1)C(OC(=O)C(C)(F)F)C1CCC2(C)C1(C)C. The number of alkyl halides is 4. The number of halogens is 4. The fourth-order valence-corrected chi connectivity index (χ4v) is 5.62. The highest BCUT2D eigenvalue weighted by Crippen LogP contribution is 2.72. The molecule has 3 unspecified atom stereocenters. The Bertz CT molecular complexity index is 886. The van der Waals surface area contributed by atoms with Gasteiger partial charge in [-0.15, -0.1) is 0 Å². The molecule has 206 valence electrons. The Balaban J connectivity index is 1.90. The Kier molecular flexibility index (Phi) is 7.24. The van der Waals surface area contributed by atoms with Gasteiger partial charge in [0.15, 0.2) is 6.10 Å². The normalized spacial score (nSPS) is 35.5. The zero-order valence-electron chi connectivity index (χ0n) is 21.4. The number of carbonyl (C=O) groups is 3. The molecule has 1 spiro atoms. The molecule has 3 fully saturated rings. The molecule has 2 bridgehead atoms. The van der Waals surface area contributed by atoms with Crippen LogP contribution < -0.4 is 0 Å². The molecule has 0 aromatic rings. The van der Waals surface area contributed by atoms with Gasteiger partial charge < -0.3 is 23.7 Å². The first-order valence-corrected chi connectivity index (χ1v) is 11.9. The van der Waals surface area contributed by atoms with Crippen molar-refractivity contribution in [2.45, 2.75) is 84.5 Å². The van der Waals surface area contributed by atoms with Crippen LogP contribution in [0.15, 0.2) is 0 Å². The lowest BCUT2D eigenvalue weighted by Gasteiger charge is -2.54. The zero-order valence-corrected chi connectivity index (χ0v) is 21.4. The van der Waals surface area contributed by atoms with Crippen molar-refractivity contribution in [3.05, 3.63) is 0 Å². The van der Waals surface area contributed by atoms with Crippen LogP contribution in [-0.4, -0.2) is 68.1 Å². The molecule has 0 aromatic heterocycles. The summed E-state index contributed by atoms with van der Waals surface area (Å²) in [4.78, 5) is 35.7. The van der Waals surface area contributed by atoms with Gasteiger partial charge in [0, 0.05) is 31.6 Å². The second kappa shape index (κ2) is 9.11. The van der Waals surface area contributed by atoms with Gasteiger partial charge in [0.2, 0.25) is 5.79 Å². The highest BCUT2D eigenvalue weighted by molar-refractivity contribution is 5.77. The van der Waals surface area contributed by atoms with Gasteiger partial charge in [-0.25, -0.2) is 9.59 Å². The van der Waals surface area contributed by atoms with Gasteiger partial charge in [0.05, 0.1) is 18.6 Å². The molecule has 36 heavy (non-hydrogen) atoms. The van der Waals surface area contributed by atoms with Gasteiger partial charge >= 0.3 is 29.8 Å². The minimum absolute atomic E-state index is 0.0474. The molecule has 3 atom stereocenters. The highest BCUT2D eigenvalue weighted by Gasteiger charge is 2.78. The zero-order chi connectivity index (χ0) is 27.4. The number of hydrogen-bond acceptors (Lipinski definition) is 8. The van der Waals surface area contributed by atoms with Crippen LogP contribution in [0.5, 0.6) is 0 Å². The molecule has 0 amide bonds. The topological polar surface area (TPSA) is 97.4 Å². The van der Waals surface area contributed by atoms with Gasteiger partial charge in [-0.2, -0.15) is 17.6 Å². The lowest BCUT2D eigenvalue weighted by atomic mass is 9.68. The van der Waals surface area contributed by atoms with E-state index in [2.05, 4.69) is 0 Å². The first-order valence-electron chi connectivity index (χ1n) is 11.9. The van der Waals surface area contributed by atoms with Crippen molar-refractivity contribution in [2.24, 2.45) is 22.2 Å². The monoisotopic (exact) mass is 526 g/mol. The summed E-state index contributed by atoms with van der Waals surface area (Å²) in [5.74, 6) is -13.5. The summed E-state index contributed by atoms with van der Waals surface area (Å²) in [6.45, 7) is 6.56. The average Bonchev–Trinajstić information content (AvgIpc) is 3.08. The third-order valence-electron chi connectivity index (χ3n) is 8.29. The lowest BCUT2D eigenvalue weighted by Crippen LogP contribution is -2.65. The smallest absolute Gasteiger partial charge is 0.377 e. The quantitative estimate of drug-likeness (QED) is 0.267. The van der Waals surface area contributed by atoms with Crippen molar-refractivity contribution >= 4 is 17.9 Å².